The number of hydrogen-bond acceptors (Lipinski definition) is 5. The molecular formula is C20H13NO5S. The van der Waals surface area contributed by atoms with Gasteiger partial charge in [-0.3, -0.25) is 14.1 Å². The molecular weight excluding hydrogens is 366 g/mol. The Morgan fingerprint density at radius 2 is 1.59 bits per heavy atom. The number of carbonyl (C=O) groups excluding carboxylic acids is 2. The number of ketones is 2. The maximum Gasteiger partial charge on any atom is 0.294 e. The molecule has 0 amide bonds. The molecule has 0 unspecified atom stereocenters. The number of allylic oxidation sites excluding steroid dienone is 1. The minimum absolute atomic E-state index is 0.199. The molecule has 0 bridgehead atoms. The fourth-order valence-electron chi connectivity index (χ4n) is 3.10. The van der Waals surface area contributed by atoms with Gasteiger partial charge in [0.15, 0.2) is 0 Å². The van der Waals surface area contributed by atoms with Crippen molar-refractivity contribution in [1.29, 1.82) is 0 Å². The zero-order chi connectivity index (χ0) is 19.2. The van der Waals surface area contributed by atoms with Crippen LogP contribution >= 0.6 is 0 Å². The summed E-state index contributed by atoms with van der Waals surface area (Å²) in [4.78, 5) is 23.9. The molecule has 0 heterocycles. The monoisotopic (exact) mass is 379 g/mol. The van der Waals surface area contributed by atoms with Crippen LogP contribution in [-0.2, 0) is 14.9 Å². The van der Waals surface area contributed by atoms with Gasteiger partial charge in [-0.1, -0.05) is 42.5 Å². The topological polar surface area (TPSA) is 101 Å². The molecule has 0 saturated carbocycles. The first-order valence-electron chi connectivity index (χ1n) is 8.02. The standard InChI is InChI=1S/C20H13NO5S/c22-19-11-18(15-5-1-2-6-16(15)20(19)23)21-17-7-3-4-12-10-13(27(24,25)26)8-9-14(12)17/h1-11,21H,(H,24,25,26). The minimum atomic E-state index is -4.30. The molecule has 27 heavy (non-hydrogen) atoms. The molecule has 0 radical (unpaired) electrons. The number of anilines is 1. The van der Waals surface area contributed by atoms with Crippen molar-refractivity contribution in [3.05, 3.63) is 77.9 Å². The Labute approximate surface area is 154 Å². The summed E-state index contributed by atoms with van der Waals surface area (Å²) in [5.41, 5.74) is 2.08. The predicted molar refractivity (Wildman–Crippen MR) is 101 cm³/mol. The van der Waals surface area contributed by atoms with Crippen LogP contribution in [0.3, 0.4) is 0 Å². The molecule has 0 aromatic heterocycles. The van der Waals surface area contributed by atoms with Crippen LogP contribution in [0.15, 0.2) is 71.6 Å². The number of rotatable bonds is 3. The largest absolute Gasteiger partial charge is 0.354 e. The third-order valence-electron chi connectivity index (χ3n) is 4.38. The average molecular weight is 379 g/mol. The number of Topliss-reactive ketones (excluding diaryl/α,β-unsaturated/α-hetero) is 1. The Morgan fingerprint density at radius 3 is 2.33 bits per heavy atom. The number of carbonyl (C=O) groups is 2. The first-order valence-corrected chi connectivity index (χ1v) is 9.46. The van der Waals surface area contributed by atoms with E-state index in [0.29, 0.717) is 33.3 Å². The van der Waals surface area contributed by atoms with Crippen LogP contribution in [0.5, 0.6) is 0 Å². The Morgan fingerprint density at radius 1 is 0.852 bits per heavy atom. The van der Waals surface area contributed by atoms with Gasteiger partial charge in [-0.2, -0.15) is 8.42 Å². The summed E-state index contributed by atoms with van der Waals surface area (Å²) < 4.78 is 31.9. The molecule has 1 aliphatic rings. The highest BCUT2D eigenvalue weighted by Gasteiger charge is 2.25. The average Bonchev–Trinajstić information content (AvgIpc) is 2.65. The summed E-state index contributed by atoms with van der Waals surface area (Å²) in [6.45, 7) is 0. The molecule has 0 atom stereocenters. The van der Waals surface area contributed by atoms with Crippen molar-refractivity contribution in [1.82, 2.24) is 0 Å². The van der Waals surface area contributed by atoms with Gasteiger partial charge in [0.2, 0.25) is 11.6 Å². The first-order chi connectivity index (χ1) is 12.8. The molecule has 7 heteroatoms. The van der Waals surface area contributed by atoms with E-state index in [0.717, 1.165) is 0 Å². The SMILES string of the molecule is O=C1C=C(Nc2cccc3cc(S(=O)(=O)O)ccc23)c2ccccc2C1=O. The Kier molecular flexibility index (Phi) is 3.91. The van der Waals surface area contributed by atoms with E-state index in [9.17, 15) is 22.6 Å². The summed E-state index contributed by atoms with van der Waals surface area (Å²) in [5.74, 6) is -1.16. The van der Waals surface area contributed by atoms with E-state index in [1.807, 2.05) is 0 Å². The first kappa shape index (κ1) is 17.1. The van der Waals surface area contributed by atoms with Crippen LogP contribution in [0.25, 0.3) is 16.5 Å². The van der Waals surface area contributed by atoms with E-state index in [1.54, 1.807) is 48.5 Å². The van der Waals surface area contributed by atoms with Crippen molar-refractivity contribution >= 4 is 43.8 Å². The smallest absolute Gasteiger partial charge is 0.294 e. The van der Waals surface area contributed by atoms with Crippen LogP contribution in [-0.4, -0.2) is 24.5 Å². The summed E-state index contributed by atoms with van der Waals surface area (Å²) in [7, 11) is -4.30. The molecule has 3 aromatic rings. The molecule has 2 N–H and O–H groups in total. The van der Waals surface area contributed by atoms with Crippen molar-refractivity contribution in [2.45, 2.75) is 4.90 Å². The van der Waals surface area contributed by atoms with Crippen LogP contribution in [0.2, 0.25) is 0 Å². The molecule has 134 valence electrons. The van der Waals surface area contributed by atoms with Gasteiger partial charge in [-0.25, -0.2) is 0 Å². The van der Waals surface area contributed by atoms with E-state index < -0.39 is 21.7 Å². The lowest BCUT2D eigenvalue weighted by Crippen LogP contribution is -2.20. The van der Waals surface area contributed by atoms with Gasteiger partial charge < -0.3 is 5.32 Å². The van der Waals surface area contributed by atoms with Crippen LogP contribution in [0.4, 0.5) is 5.69 Å². The maximum atomic E-state index is 12.1. The van der Waals surface area contributed by atoms with E-state index in [-0.39, 0.29) is 4.90 Å². The van der Waals surface area contributed by atoms with E-state index in [2.05, 4.69) is 5.32 Å². The fourth-order valence-corrected chi connectivity index (χ4v) is 3.62. The van der Waals surface area contributed by atoms with Gasteiger partial charge in [-0.15, -0.1) is 0 Å². The summed E-state index contributed by atoms with van der Waals surface area (Å²) >= 11 is 0. The lowest BCUT2D eigenvalue weighted by atomic mass is 9.92. The van der Waals surface area contributed by atoms with E-state index in [1.165, 1.54) is 18.2 Å². The highest BCUT2D eigenvalue weighted by molar-refractivity contribution is 7.85. The van der Waals surface area contributed by atoms with Crippen molar-refractivity contribution in [2.75, 3.05) is 5.32 Å². The molecule has 0 saturated heterocycles. The van der Waals surface area contributed by atoms with Gasteiger partial charge in [-0.05, 0) is 23.6 Å². The Bertz CT molecular complexity index is 1260. The van der Waals surface area contributed by atoms with Crippen LogP contribution < -0.4 is 5.32 Å². The van der Waals surface area contributed by atoms with Crippen molar-refractivity contribution in [3.63, 3.8) is 0 Å². The second-order valence-corrected chi connectivity index (χ2v) is 7.51. The van der Waals surface area contributed by atoms with Crippen LogP contribution in [0, 0.1) is 0 Å². The summed E-state index contributed by atoms with van der Waals surface area (Å²) in [6, 6.07) is 16.3. The van der Waals surface area contributed by atoms with Gasteiger partial charge in [0.1, 0.15) is 0 Å². The zero-order valence-corrected chi connectivity index (χ0v) is 14.7. The van der Waals surface area contributed by atoms with E-state index >= 15 is 0 Å². The highest BCUT2D eigenvalue weighted by atomic mass is 32.2. The second-order valence-electron chi connectivity index (χ2n) is 6.09. The molecule has 0 aliphatic heterocycles. The van der Waals surface area contributed by atoms with Gasteiger partial charge >= 0.3 is 0 Å². The number of fused-ring (bicyclic) bond motifs is 2. The van der Waals surface area contributed by atoms with Crippen LogP contribution in [0.1, 0.15) is 15.9 Å². The molecule has 0 fully saturated rings. The van der Waals surface area contributed by atoms with Crippen molar-refractivity contribution < 1.29 is 22.6 Å². The molecule has 4 rings (SSSR count). The Balaban J connectivity index is 1.81. The number of nitrogens with one attached hydrogen (secondary N) is 1. The second kappa shape index (κ2) is 6.15. The molecule has 6 nitrogen and oxygen atoms in total. The van der Waals surface area contributed by atoms with Gasteiger partial charge in [0.05, 0.1) is 10.6 Å². The quantitative estimate of drug-likeness (QED) is 0.535. The zero-order valence-electron chi connectivity index (χ0n) is 13.8. The molecule has 0 spiro atoms. The van der Waals surface area contributed by atoms with Crippen molar-refractivity contribution in [3.8, 4) is 0 Å². The number of benzene rings is 3. The Hall–Kier alpha value is -3.29. The van der Waals surface area contributed by atoms with Gasteiger partial charge in [0, 0.05) is 28.3 Å². The predicted octanol–water partition coefficient (Wildman–Crippen LogP) is 3.30. The number of hydrogen-bond donors (Lipinski definition) is 2. The van der Waals surface area contributed by atoms with Gasteiger partial charge in [0.25, 0.3) is 10.1 Å². The fraction of sp³-hybridized carbons (Fsp3) is 0. The third-order valence-corrected chi connectivity index (χ3v) is 5.23. The third kappa shape index (κ3) is 3.03. The van der Waals surface area contributed by atoms with Crippen molar-refractivity contribution in [2.24, 2.45) is 0 Å². The summed E-state index contributed by atoms with van der Waals surface area (Å²) in [6.07, 6.45) is 1.26. The molecule has 1 aliphatic carbocycles. The normalized spacial score (nSPS) is 14.0. The minimum Gasteiger partial charge on any atom is -0.354 e. The lowest BCUT2D eigenvalue weighted by molar-refractivity contribution is -0.111. The summed E-state index contributed by atoms with van der Waals surface area (Å²) in [5, 5.41) is 4.47. The lowest BCUT2D eigenvalue weighted by Gasteiger charge is -2.19. The van der Waals surface area contributed by atoms with E-state index in [4.69, 9.17) is 0 Å². The maximum absolute atomic E-state index is 12.1. The molecule has 3 aromatic carbocycles. The highest BCUT2D eigenvalue weighted by Crippen LogP contribution is 2.31.